The summed E-state index contributed by atoms with van der Waals surface area (Å²) in [6.07, 6.45) is 8.70. The molecule has 3 aromatic carbocycles. The molecule has 2 heterocycles. The molecule has 0 spiro atoms. The van der Waals surface area contributed by atoms with Crippen LogP contribution in [-0.2, 0) is 43.2 Å². The zero-order valence-corrected chi connectivity index (χ0v) is 33.0. The summed E-state index contributed by atoms with van der Waals surface area (Å²) in [7, 11) is 0. The molecular formula is C45H51IrN2O2-. The van der Waals surface area contributed by atoms with Gasteiger partial charge >= 0.3 is 0 Å². The van der Waals surface area contributed by atoms with Crippen molar-refractivity contribution in [3.05, 3.63) is 120 Å². The molecule has 2 aromatic heterocycles. The molecule has 1 aliphatic carbocycles. The molecule has 1 aliphatic rings. The summed E-state index contributed by atoms with van der Waals surface area (Å²) in [5.41, 5.74) is 10.6. The molecule has 0 saturated carbocycles. The third kappa shape index (κ3) is 8.68. The summed E-state index contributed by atoms with van der Waals surface area (Å²) >= 11 is 0. The molecule has 1 N–H and O–H groups in total. The van der Waals surface area contributed by atoms with Gasteiger partial charge in [0.05, 0.1) is 11.5 Å². The van der Waals surface area contributed by atoms with Gasteiger partial charge in [-0.2, -0.15) is 0 Å². The van der Waals surface area contributed by atoms with Crippen molar-refractivity contribution in [2.24, 2.45) is 11.8 Å². The number of aliphatic hydroxyl groups is 1. The van der Waals surface area contributed by atoms with Gasteiger partial charge in [-0.1, -0.05) is 114 Å². The van der Waals surface area contributed by atoms with Crippen molar-refractivity contribution >= 4 is 16.6 Å². The van der Waals surface area contributed by atoms with Crippen LogP contribution in [0.4, 0.5) is 0 Å². The monoisotopic (exact) mass is 844 g/mol. The predicted molar refractivity (Wildman–Crippen MR) is 205 cm³/mol. The summed E-state index contributed by atoms with van der Waals surface area (Å²) in [6, 6.07) is 31.5. The quantitative estimate of drug-likeness (QED) is 0.0912. The minimum Gasteiger partial charge on any atom is -0.512 e. The molecular weight excluding hydrogens is 793 g/mol. The molecule has 5 heteroatoms. The van der Waals surface area contributed by atoms with Gasteiger partial charge in [0.1, 0.15) is 0 Å². The molecule has 5 aromatic rings. The molecule has 0 bridgehead atoms. The molecule has 4 nitrogen and oxygen atoms in total. The van der Waals surface area contributed by atoms with Gasteiger partial charge in [-0.15, -0.1) is 29.1 Å². The van der Waals surface area contributed by atoms with Crippen LogP contribution >= 0.6 is 0 Å². The number of aliphatic hydroxyl groups excluding tert-OH is 1. The number of aryl methyl sites for hydroxylation is 1. The van der Waals surface area contributed by atoms with E-state index >= 15 is 0 Å². The first-order chi connectivity index (χ1) is 23.6. The van der Waals surface area contributed by atoms with E-state index in [9.17, 15) is 9.90 Å². The number of hydrogen-bond donors (Lipinski definition) is 1. The third-order valence-electron chi connectivity index (χ3n) is 9.92. The van der Waals surface area contributed by atoms with Crippen molar-refractivity contribution in [2.45, 2.75) is 92.4 Å². The molecule has 0 aliphatic heterocycles. The second kappa shape index (κ2) is 17.3. The summed E-state index contributed by atoms with van der Waals surface area (Å²) in [5, 5.41) is 12.2. The normalized spacial score (nSPS) is 12.5. The van der Waals surface area contributed by atoms with Crippen LogP contribution in [0.2, 0.25) is 0 Å². The molecule has 1 radical (unpaired) electrons. The number of benzene rings is 3. The van der Waals surface area contributed by atoms with Crippen LogP contribution in [0.15, 0.2) is 96.9 Å². The Balaban J connectivity index is 0.000000301. The molecule has 263 valence electrons. The van der Waals surface area contributed by atoms with E-state index in [0.29, 0.717) is 0 Å². The Morgan fingerprint density at radius 2 is 1.50 bits per heavy atom. The number of ketones is 1. The Kier molecular flexibility index (Phi) is 13.5. The molecule has 0 fully saturated rings. The van der Waals surface area contributed by atoms with E-state index in [1.807, 2.05) is 40.0 Å². The molecule has 0 saturated heterocycles. The van der Waals surface area contributed by atoms with Crippen LogP contribution in [0.1, 0.15) is 91.0 Å². The van der Waals surface area contributed by atoms with Crippen molar-refractivity contribution in [1.29, 1.82) is 0 Å². The van der Waals surface area contributed by atoms with Gasteiger partial charge in [-0.25, -0.2) is 0 Å². The Labute approximate surface area is 312 Å². The molecule has 0 atom stereocenters. The van der Waals surface area contributed by atoms with Gasteiger partial charge in [0, 0.05) is 66.7 Å². The summed E-state index contributed by atoms with van der Waals surface area (Å²) in [5.74, 6) is 0.547. The summed E-state index contributed by atoms with van der Waals surface area (Å²) in [4.78, 5) is 21.6. The van der Waals surface area contributed by atoms with Gasteiger partial charge in [0.2, 0.25) is 0 Å². The fraction of sp³-hybridized carbons (Fsp3) is 0.356. The van der Waals surface area contributed by atoms with Crippen molar-refractivity contribution in [3.8, 4) is 33.6 Å². The minimum absolute atomic E-state index is 0. The van der Waals surface area contributed by atoms with E-state index in [1.54, 1.807) is 0 Å². The van der Waals surface area contributed by atoms with E-state index in [0.717, 1.165) is 66.4 Å². The molecule has 50 heavy (non-hydrogen) atoms. The van der Waals surface area contributed by atoms with E-state index in [-0.39, 0.29) is 48.9 Å². The van der Waals surface area contributed by atoms with E-state index < -0.39 is 0 Å². The maximum absolute atomic E-state index is 11.7. The number of hydrogen-bond acceptors (Lipinski definition) is 4. The smallest absolute Gasteiger partial charge is 0.162 e. The van der Waals surface area contributed by atoms with E-state index in [1.165, 1.54) is 39.4 Å². The van der Waals surface area contributed by atoms with Crippen molar-refractivity contribution in [3.63, 3.8) is 0 Å². The second-order valence-electron chi connectivity index (χ2n) is 14.1. The Bertz CT molecular complexity index is 1930. The average Bonchev–Trinajstić information content (AvgIpc) is 3.11. The van der Waals surface area contributed by atoms with Crippen molar-refractivity contribution in [2.75, 3.05) is 0 Å². The summed E-state index contributed by atoms with van der Waals surface area (Å²) in [6.45, 7) is 14.9. The zero-order chi connectivity index (χ0) is 35.1. The fourth-order valence-electron chi connectivity index (χ4n) is 6.94. The van der Waals surface area contributed by atoms with Crippen LogP contribution in [-0.4, -0.2) is 20.9 Å². The maximum atomic E-state index is 11.7. The van der Waals surface area contributed by atoms with Crippen LogP contribution in [0.5, 0.6) is 0 Å². The molecule has 0 amide bonds. The van der Waals surface area contributed by atoms with Crippen LogP contribution in [0, 0.1) is 17.9 Å². The number of aromatic nitrogens is 2. The molecule has 0 unspecified atom stereocenters. The zero-order valence-electron chi connectivity index (χ0n) is 30.6. The average molecular weight is 844 g/mol. The van der Waals surface area contributed by atoms with Gasteiger partial charge in [-0.05, 0) is 67.2 Å². The van der Waals surface area contributed by atoms with Crippen LogP contribution < -0.4 is 0 Å². The minimum atomic E-state index is 0. The number of rotatable bonds is 9. The van der Waals surface area contributed by atoms with Crippen LogP contribution in [0.25, 0.3) is 44.4 Å². The predicted octanol–water partition coefficient (Wildman–Crippen LogP) is 11.7. The third-order valence-corrected chi connectivity index (χ3v) is 9.92. The van der Waals surface area contributed by atoms with E-state index in [4.69, 9.17) is 9.97 Å². The Hall–Kier alpha value is -3.92. The van der Waals surface area contributed by atoms with Crippen molar-refractivity contribution in [1.82, 2.24) is 9.97 Å². The summed E-state index contributed by atoms with van der Waals surface area (Å²) < 4.78 is 0. The number of carbonyl (C=O) groups excluding carboxylic acids is 1. The van der Waals surface area contributed by atoms with Gasteiger partial charge in [0.15, 0.2) is 5.78 Å². The van der Waals surface area contributed by atoms with E-state index in [2.05, 4.69) is 99.6 Å². The maximum Gasteiger partial charge on any atom is 0.162 e. The second-order valence-corrected chi connectivity index (χ2v) is 14.1. The van der Waals surface area contributed by atoms with Crippen molar-refractivity contribution < 1.29 is 30.0 Å². The first-order valence-corrected chi connectivity index (χ1v) is 18.0. The standard InChI is InChI=1S/C32H27N2.C13H24O2.Ir/c1-32(2,3)28-20-23(19-22-11-7-8-12-24(22)28)31-27-14-16-30-26(25(27)17-18-33-31)13-15-29(34-30)21-9-5-4-6-10-21;1-5-10(6-2)12(14)9-13(15)11(7-3)8-4;/h4-13,15,17-18,20H,14,16H2,1-3H3;9-11,14H,5-8H2,1-4H3;/q-1;;/b;12-9-;. The Morgan fingerprint density at radius 3 is 2.16 bits per heavy atom. The Morgan fingerprint density at radius 1 is 0.840 bits per heavy atom. The largest absolute Gasteiger partial charge is 0.512 e. The first kappa shape index (κ1) is 38.9. The van der Waals surface area contributed by atoms with Gasteiger partial charge in [0.25, 0.3) is 0 Å². The SMILES string of the molecule is CC(C)(C)c1cc(-c2nccc3c2CCc2nc(-c4ccccc4)ccc2-3)[c-]c2ccccc12.CCC(CC)C(=O)/C=C(\O)C(CC)CC.[Ir]. The van der Waals surface area contributed by atoms with Crippen LogP contribution in [0.3, 0.4) is 0 Å². The number of pyridine rings is 2. The number of carbonyl (C=O) groups is 1. The number of allylic oxidation sites excluding steroid dienone is 2. The van der Waals surface area contributed by atoms with Gasteiger partial charge in [-0.3, -0.25) is 14.8 Å². The number of fused-ring (bicyclic) bond motifs is 4. The van der Waals surface area contributed by atoms with Gasteiger partial charge < -0.3 is 5.11 Å². The fourth-order valence-corrected chi connectivity index (χ4v) is 6.94. The topological polar surface area (TPSA) is 63.1 Å². The first-order valence-electron chi connectivity index (χ1n) is 18.0. The molecule has 6 rings (SSSR count). The number of nitrogens with zero attached hydrogens (tertiary/aromatic N) is 2.